The molecule has 29 heavy (non-hydrogen) atoms. The van der Waals surface area contributed by atoms with Gasteiger partial charge in [-0.3, -0.25) is 14.5 Å². The molecular weight excluding hydrogens is 445 g/mol. The summed E-state index contributed by atoms with van der Waals surface area (Å²) in [6, 6.07) is 12.8. The van der Waals surface area contributed by atoms with Crippen LogP contribution >= 0.6 is 15.9 Å². The molecule has 3 amide bonds. The van der Waals surface area contributed by atoms with Gasteiger partial charge in [0.15, 0.2) is 0 Å². The monoisotopic (exact) mass is 460 g/mol. The van der Waals surface area contributed by atoms with Crippen LogP contribution in [0, 0.1) is 5.82 Å². The molecule has 1 saturated heterocycles. The third-order valence-electron chi connectivity index (χ3n) is 4.64. The lowest BCUT2D eigenvalue weighted by Gasteiger charge is -2.26. The van der Waals surface area contributed by atoms with Crippen LogP contribution < -0.4 is 10.2 Å². The molecule has 4 rings (SSSR count). The summed E-state index contributed by atoms with van der Waals surface area (Å²) in [5, 5.41) is 6.97. The summed E-state index contributed by atoms with van der Waals surface area (Å²) in [6.45, 7) is 0.370. The predicted molar refractivity (Wildman–Crippen MR) is 105 cm³/mol. The van der Waals surface area contributed by atoms with Gasteiger partial charge >= 0.3 is 11.8 Å². The lowest BCUT2D eigenvalue weighted by Crippen LogP contribution is -2.52. The first-order chi connectivity index (χ1) is 13.9. The summed E-state index contributed by atoms with van der Waals surface area (Å²) in [5.41, 5.74) is 1.23. The van der Waals surface area contributed by atoms with Crippen molar-refractivity contribution in [2.75, 3.05) is 29.9 Å². The fraction of sp³-hybridized carbons (Fsp3) is 0.211. The Balaban J connectivity index is 1.54. The molecule has 0 spiro atoms. The van der Waals surface area contributed by atoms with E-state index in [1.165, 1.54) is 17.0 Å². The second kappa shape index (κ2) is 7.70. The van der Waals surface area contributed by atoms with Gasteiger partial charge in [0, 0.05) is 34.1 Å². The largest absolute Gasteiger partial charge is 0.502 e. The van der Waals surface area contributed by atoms with E-state index in [9.17, 15) is 18.8 Å². The van der Waals surface area contributed by atoms with E-state index in [0.29, 0.717) is 24.5 Å². The van der Waals surface area contributed by atoms with Crippen molar-refractivity contribution in [1.82, 2.24) is 4.90 Å². The van der Waals surface area contributed by atoms with E-state index in [-0.39, 0.29) is 12.4 Å². The van der Waals surface area contributed by atoms with Crippen LogP contribution in [0.4, 0.5) is 15.8 Å². The number of hydrogen-bond acceptors (Lipinski definition) is 5. The highest BCUT2D eigenvalue weighted by Crippen LogP contribution is 2.27. The first-order valence-electron chi connectivity index (χ1n) is 8.83. The molecule has 2 aliphatic heterocycles. The van der Waals surface area contributed by atoms with Gasteiger partial charge in [-0.25, -0.2) is 9.18 Å². The lowest BCUT2D eigenvalue weighted by molar-refractivity contribution is -0.509. The SMILES string of the molecule is O=C(C[N+]1=NC2N(CCN2c2ccc(F)cc2)C(=O)C1=O)Nc1ccc(Br)cc1. The van der Waals surface area contributed by atoms with Gasteiger partial charge in [0.2, 0.25) is 0 Å². The van der Waals surface area contributed by atoms with E-state index in [4.69, 9.17) is 0 Å². The van der Waals surface area contributed by atoms with Crippen molar-refractivity contribution >= 4 is 45.0 Å². The second-order valence-corrected chi connectivity index (χ2v) is 7.46. The zero-order chi connectivity index (χ0) is 20.5. The molecule has 1 unspecified atom stereocenters. The number of nitrogens with zero attached hydrogens (tertiary/aromatic N) is 4. The highest BCUT2D eigenvalue weighted by molar-refractivity contribution is 9.10. The summed E-state index contributed by atoms with van der Waals surface area (Å²) >= 11 is 3.31. The van der Waals surface area contributed by atoms with Gasteiger partial charge in [0.05, 0.1) is 0 Å². The minimum absolute atomic E-state index is 0.315. The zero-order valence-electron chi connectivity index (χ0n) is 15.1. The molecule has 2 heterocycles. The minimum Gasteiger partial charge on any atom is -0.326 e. The summed E-state index contributed by atoms with van der Waals surface area (Å²) in [6.07, 6.45) is -0.758. The van der Waals surface area contributed by atoms with Crippen LogP contribution in [0.3, 0.4) is 0 Å². The Bertz CT molecular complexity index is 1010. The molecule has 2 aromatic rings. The van der Waals surface area contributed by atoms with E-state index in [1.54, 1.807) is 41.3 Å². The second-order valence-electron chi connectivity index (χ2n) is 6.55. The van der Waals surface area contributed by atoms with Gasteiger partial charge in [0.1, 0.15) is 5.82 Å². The standard InChI is InChI=1S/C19H15BrFN5O3/c20-12-1-5-14(6-2-12)22-16(27)11-26-18(29)17(28)25-10-9-24(19(25)23-26)15-7-3-13(21)4-8-15/h1-8,19H,9-11H2/p+1. The van der Waals surface area contributed by atoms with Crippen LogP contribution in [0.15, 0.2) is 58.1 Å². The van der Waals surface area contributed by atoms with Crippen molar-refractivity contribution in [2.45, 2.75) is 6.29 Å². The first kappa shape index (κ1) is 19.2. The molecule has 0 aliphatic carbocycles. The van der Waals surface area contributed by atoms with Crippen LogP contribution in [-0.2, 0) is 14.4 Å². The first-order valence-corrected chi connectivity index (χ1v) is 9.62. The number of hydrogen-bond donors (Lipinski definition) is 1. The Kier molecular flexibility index (Phi) is 5.10. The number of fused-ring (bicyclic) bond motifs is 1. The number of halogens is 2. The Morgan fingerprint density at radius 2 is 1.76 bits per heavy atom. The summed E-state index contributed by atoms with van der Waals surface area (Å²) in [5.74, 6) is -2.42. The van der Waals surface area contributed by atoms with Crippen LogP contribution in [0.5, 0.6) is 0 Å². The molecule has 0 radical (unpaired) electrons. The molecule has 10 heteroatoms. The fourth-order valence-corrected chi connectivity index (χ4v) is 3.50. The van der Waals surface area contributed by atoms with Crippen LogP contribution in [-0.4, -0.2) is 53.2 Å². The summed E-state index contributed by atoms with van der Waals surface area (Å²) < 4.78 is 15.0. The maximum atomic E-state index is 13.2. The van der Waals surface area contributed by atoms with Crippen molar-refractivity contribution in [3.05, 3.63) is 58.8 Å². The lowest BCUT2D eigenvalue weighted by atomic mass is 10.3. The quantitative estimate of drug-likeness (QED) is 0.559. The number of azo groups is 2. The van der Waals surface area contributed by atoms with Crippen LogP contribution in [0.2, 0.25) is 0 Å². The number of nitrogens with one attached hydrogen (secondary N) is 1. The van der Waals surface area contributed by atoms with Crippen molar-refractivity contribution in [3.63, 3.8) is 0 Å². The van der Waals surface area contributed by atoms with E-state index >= 15 is 0 Å². The van der Waals surface area contributed by atoms with E-state index < -0.39 is 24.0 Å². The minimum atomic E-state index is -0.854. The number of rotatable bonds is 4. The highest BCUT2D eigenvalue weighted by atomic mass is 79.9. The predicted octanol–water partition coefficient (Wildman–Crippen LogP) is 2.16. The van der Waals surface area contributed by atoms with Crippen LogP contribution in [0.25, 0.3) is 0 Å². The van der Waals surface area contributed by atoms with Crippen LogP contribution in [0.1, 0.15) is 0 Å². The molecule has 1 fully saturated rings. The van der Waals surface area contributed by atoms with Gasteiger partial charge in [-0.2, -0.15) is 0 Å². The molecule has 2 aromatic carbocycles. The molecule has 0 aromatic heterocycles. The van der Waals surface area contributed by atoms with Crippen molar-refractivity contribution < 1.29 is 23.5 Å². The normalized spacial score (nSPS) is 18.6. The van der Waals surface area contributed by atoms with E-state index in [1.807, 2.05) is 0 Å². The molecule has 1 N–H and O–H groups in total. The van der Waals surface area contributed by atoms with Gasteiger partial charge in [-0.15, -0.1) is 0 Å². The zero-order valence-corrected chi connectivity index (χ0v) is 16.7. The molecule has 148 valence electrons. The number of carbonyl (C=O) groups is 3. The number of carbonyl (C=O) groups excluding carboxylic acids is 3. The Morgan fingerprint density at radius 3 is 2.45 bits per heavy atom. The average Bonchev–Trinajstić information content (AvgIpc) is 3.12. The van der Waals surface area contributed by atoms with Crippen molar-refractivity contribution in [2.24, 2.45) is 5.11 Å². The Labute approximate surface area is 173 Å². The maximum absolute atomic E-state index is 13.2. The van der Waals surface area contributed by atoms with Gasteiger partial charge in [-0.1, -0.05) is 15.9 Å². The fourth-order valence-electron chi connectivity index (χ4n) is 3.23. The number of benzene rings is 2. The highest BCUT2D eigenvalue weighted by Gasteiger charge is 2.49. The third-order valence-corrected chi connectivity index (χ3v) is 5.17. The molecule has 0 saturated carbocycles. The molecule has 2 aliphatic rings. The third kappa shape index (κ3) is 3.88. The number of anilines is 2. The van der Waals surface area contributed by atoms with Crippen molar-refractivity contribution in [3.8, 4) is 0 Å². The average molecular weight is 461 g/mol. The Morgan fingerprint density at radius 1 is 1.10 bits per heavy atom. The molecular formula is C19H16BrFN5O3+. The molecule has 1 atom stereocenters. The van der Waals surface area contributed by atoms with Crippen molar-refractivity contribution in [1.29, 1.82) is 0 Å². The van der Waals surface area contributed by atoms with Gasteiger partial charge < -0.3 is 10.2 Å². The van der Waals surface area contributed by atoms with Gasteiger partial charge in [-0.05, 0) is 53.2 Å². The molecule has 0 bridgehead atoms. The molecule has 8 nitrogen and oxygen atoms in total. The maximum Gasteiger partial charge on any atom is 0.502 e. The smallest absolute Gasteiger partial charge is 0.326 e. The number of amides is 3. The van der Waals surface area contributed by atoms with E-state index in [2.05, 4.69) is 26.4 Å². The van der Waals surface area contributed by atoms with E-state index in [0.717, 1.165) is 9.17 Å². The Hall–Kier alpha value is -3.14. The summed E-state index contributed by atoms with van der Waals surface area (Å²) in [7, 11) is 0. The van der Waals surface area contributed by atoms with Gasteiger partial charge in [0.25, 0.3) is 18.7 Å². The summed E-state index contributed by atoms with van der Waals surface area (Å²) in [4.78, 5) is 40.3. The topological polar surface area (TPSA) is 85.1 Å².